The van der Waals surface area contributed by atoms with Crippen molar-refractivity contribution in [2.24, 2.45) is 0 Å². The van der Waals surface area contributed by atoms with E-state index >= 15 is 4.79 Å². The fourth-order valence-corrected chi connectivity index (χ4v) is 8.41. The summed E-state index contributed by atoms with van der Waals surface area (Å²) in [5.41, 5.74) is -3.28. The normalized spacial score (nSPS) is 19.4. The number of urea groups is 1. The summed E-state index contributed by atoms with van der Waals surface area (Å²) in [5.74, 6) is 1.10. The summed E-state index contributed by atoms with van der Waals surface area (Å²) in [6, 6.07) is 20.6. The third-order valence-corrected chi connectivity index (χ3v) is 11.7. The van der Waals surface area contributed by atoms with Crippen LogP contribution in [0.3, 0.4) is 0 Å². The number of anilines is 2. The zero-order valence-electron chi connectivity index (χ0n) is 34.1. The zero-order chi connectivity index (χ0) is 45.4. The number of benzene rings is 2. The van der Waals surface area contributed by atoms with E-state index in [1.807, 2.05) is 0 Å². The van der Waals surface area contributed by atoms with Crippen LogP contribution in [-0.4, -0.2) is 75.0 Å². The number of hydrogen-bond donors (Lipinski definition) is 0. The number of halogens is 8. The van der Waals surface area contributed by atoms with Crippen LogP contribution in [0.5, 0.6) is 11.5 Å². The molecule has 2 aliphatic heterocycles. The molecule has 2 aromatic carbocycles. The third kappa shape index (κ3) is 8.78. The Morgan fingerprint density at radius 1 is 0.594 bits per heavy atom. The number of pyridine rings is 4. The molecule has 0 bridgehead atoms. The SMILES string of the molecule is Cc1cc(Cl)ccc1O[C@@]1(c2cccnc2)CN(c2ccc(C(F)(F)F)cn2)CCN1C(=O)N1CCN(c2ccc(C(F)(F)F)cn2)C[C@@]1(Oc1ccc(Cl)cc1C)c1cccnc1. The molecule has 0 unspecified atom stereocenters. The Labute approximate surface area is 373 Å². The molecule has 6 aromatic rings. The number of ether oxygens (including phenoxy) is 2. The van der Waals surface area contributed by atoms with Gasteiger partial charge in [0.2, 0.25) is 11.4 Å². The van der Waals surface area contributed by atoms with Crippen LogP contribution in [0.15, 0.2) is 122 Å². The van der Waals surface area contributed by atoms with E-state index in [0.29, 0.717) is 43.8 Å². The molecule has 332 valence electrons. The lowest BCUT2D eigenvalue weighted by atomic mass is 9.96. The standard InChI is InChI=1S/C45H38Cl2F6N8O3/c1-29-21-35(46)9-11-37(29)63-42(31-5-3-15-54-23-31)27-58(39-13-7-33(25-56-39)44(48,49)50)17-19-60(42)41(62)61-20-18-59(40-14-8-34(26-57-40)45(51,52)53)28-43(61,32-6-4-16-55-24-32)64-38-12-10-36(47)22-30(38)2/h3-16,21-26H,17-20,27-28H2,1-2H3/t42-,43-/m1/s1. The van der Waals surface area contributed by atoms with E-state index in [0.717, 1.165) is 24.5 Å². The van der Waals surface area contributed by atoms with Gasteiger partial charge in [0, 0.05) is 84.5 Å². The minimum Gasteiger partial charge on any atom is -0.461 e. The fraction of sp³-hybridized carbons (Fsp3) is 0.267. The monoisotopic (exact) mass is 922 g/mol. The third-order valence-electron chi connectivity index (χ3n) is 11.2. The highest BCUT2D eigenvalue weighted by Crippen LogP contribution is 2.44. The highest BCUT2D eigenvalue weighted by atomic mass is 35.5. The fourth-order valence-electron chi connectivity index (χ4n) is 7.96. The van der Waals surface area contributed by atoms with Gasteiger partial charge in [-0.15, -0.1) is 0 Å². The molecule has 2 atom stereocenters. The summed E-state index contributed by atoms with van der Waals surface area (Å²) in [6.07, 6.45) is -1.52. The second-order valence-electron chi connectivity index (χ2n) is 15.3. The van der Waals surface area contributed by atoms with Crippen LogP contribution in [0.2, 0.25) is 10.0 Å². The predicted molar refractivity (Wildman–Crippen MR) is 227 cm³/mol. The second-order valence-corrected chi connectivity index (χ2v) is 16.2. The molecule has 64 heavy (non-hydrogen) atoms. The van der Waals surface area contributed by atoms with Crippen LogP contribution in [0.1, 0.15) is 33.4 Å². The zero-order valence-corrected chi connectivity index (χ0v) is 35.6. The largest absolute Gasteiger partial charge is 0.461 e. The van der Waals surface area contributed by atoms with Crippen molar-refractivity contribution in [3.8, 4) is 11.5 Å². The number of rotatable bonds is 8. The molecule has 8 rings (SSSR count). The first-order chi connectivity index (χ1) is 30.5. The summed E-state index contributed by atoms with van der Waals surface area (Å²) in [5, 5.41) is 0.868. The summed E-state index contributed by atoms with van der Waals surface area (Å²) in [6.45, 7) is 3.36. The molecule has 2 aliphatic rings. The lowest BCUT2D eigenvalue weighted by Crippen LogP contribution is -2.72. The number of hydrogen-bond acceptors (Lipinski definition) is 9. The van der Waals surface area contributed by atoms with Crippen LogP contribution in [0, 0.1) is 13.8 Å². The number of nitrogens with zero attached hydrogens (tertiary/aromatic N) is 8. The van der Waals surface area contributed by atoms with Crippen LogP contribution >= 0.6 is 23.2 Å². The maximum atomic E-state index is 16.1. The van der Waals surface area contributed by atoms with Gasteiger partial charge in [-0.2, -0.15) is 26.3 Å². The topological polar surface area (TPSA) is 100 Å². The minimum atomic E-state index is -4.62. The van der Waals surface area contributed by atoms with Crippen molar-refractivity contribution in [3.05, 3.63) is 166 Å². The van der Waals surface area contributed by atoms with Gasteiger partial charge in [-0.3, -0.25) is 19.8 Å². The molecule has 2 fully saturated rings. The number of alkyl halides is 6. The molecule has 0 saturated carbocycles. The molecule has 2 amide bonds. The van der Waals surface area contributed by atoms with Crippen molar-refractivity contribution < 1.29 is 40.6 Å². The number of carbonyl (C=O) groups is 1. The summed E-state index contributed by atoms with van der Waals surface area (Å²) in [7, 11) is 0. The lowest BCUT2D eigenvalue weighted by molar-refractivity contribution is -0.138. The summed E-state index contributed by atoms with van der Waals surface area (Å²) >= 11 is 12.8. The number of aromatic nitrogens is 4. The second kappa shape index (κ2) is 17.3. The van der Waals surface area contributed by atoms with Crippen molar-refractivity contribution in [3.63, 3.8) is 0 Å². The highest BCUT2D eigenvalue weighted by Gasteiger charge is 2.56. The first-order valence-corrected chi connectivity index (χ1v) is 20.6. The molecule has 0 N–H and O–H groups in total. The Morgan fingerprint density at radius 3 is 1.34 bits per heavy atom. The van der Waals surface area contributed by atoms with E-state index in [2.05, 4.69) is 19.9 Å². The van der Waals surface area contributed by atoms with Crippen molar-refractivity contribution in [1.82, 2.24) is 29.7 Å². The Bertz CT molecular complexity index is 2440. The molecule has 11 nitrogen and oxygen atoms in total. The summed E-state index contributed by atoms with van der Waals surface area (Å²) < 4.78 is 96.2. The van der Waals surface area contributed by atoms with Crippen LogP contribution in [-0.2, 0) is 23.8 Å². The average molecular weight is 924 g/mol. The predicted octanol–water partition coefficient (Wildman–Crippen LogP) is 10.2. The van der Waals surface area contributed by atoms with Gasteiger partial charge in [0.15, 0.2) is 0 Å². The van der Waals surface area contributed by atoms with Crippen LogP contribution in [0.25, 0.3) is 0 Å². The van der Waals surface area contributed by atoms with Gasteiger partial charge >= 0.3 is 18.4 Å². The Hall–Kier alpha value is -6.33. The number of aryl methyl sites for hydroxylation is 2. The maximum Gasteiger partial charge on any atom is 0.417 e. The smallest absolute Gasteiger partial charge is 0.417 e. The molecular formula is C45H38Cl2F6N8O3. The van der Waals surface area contributed by atoms with Gasteiger partial charge in [-0.25, -0.2) is 14.8 Å². The Balaban J connectivity index is 1.29. The van der Waals surface area contributed by atoms with Gasteiger partial charge in [0.25, 0.3) is 0 Å². The minimum absolute atomic E-state index is 0.0627. The maximum absolute atomic E-state index is 16.1. The molecule has 19 heteroatoms. The van der Waals surface area contributed by atoms with Crippen LogP contribution in [0.4, 0.5) is 42.8 Å². The summed E-state index contributed by atoms with van der Waals surface area (Å²) in [4.78, 5) is 39.8. The van der Waals surface area contributed by atoms with Gasteiger partial charge in [-0.1, -0.05) is 23.2 Å². The van der Waals surface area contributed by atoms with E-state index in [4.69, 9.17) is 32.7 Å². The first-order valence-electron chi connectivity index (χ1n) is 19.8. The van der Waals surface area contributed by atoms with E-state index < -0.39 is 41.0 Å². The molecule has 4 aromatic heterocycles. The molecular weight excluding hydrogens is 885 g/mol. The van der Waals surface area contributed by atoms with Gasteiger partial charge < -0.3 is 19.3 Å². The lowest BCUT2D eigenvalue weighted by Gasteiger charge is -2.55. The van der Waals surface area contributed by atoms with E-state index in [1.54, 1.807) is 109 Å². The van der Waals surface area contributed by atoms with Crippen molar-refractivity contribution in [1.29, 1.82) is 0 Å². The first kappa shape index (κ1) is 44.3. The number of carbonyl (C=O) groups excluding carboxylic acids is 1. The van der Waals surface area contributed by atoms with E-state index in [1.165, 1.54) is 21.9 Å². The van der Waals surface area contributed by atoms with Gasteiger partial charge in [-0.05, 0) is 110 Å². The van der Waals surface area contributed by atoms with Crippen LogP contribution < -0.4 is 19.3 Å². The van der Waals surface area contributed by atoms with Crippen molar-refractivity contribution >= 4 is 40.9 Å². The molecule has 6 heterocycles. The van der Waals surface area contributed by atoms with E-state index in [9.17, 15) is 26.3 Å². The average Bonchev–Trinajstić information content (AvgIpc) is 3.28. The quantitative estimate of drug-likeness (QED) is 0.138. The van der Waals surface area contributed by atoms with Crippen molar-refractivity contribution in [2.45, 2.75) is 37.7 Å². The van der Waals surface area contributed by atoms with E-state index in [-0.39, 0.29) is 50.9 Å². The number of amides is 2. The van der Waals surface area contributed by atoms with Gasteiger partial charge in [0.05, 0.1) is 24.2 Å². The highest BCUT2D eigenvalue weighted by molar-refractivity contribution is 6.31. The Morgan fingerprint density at radius 2 is 1.02 bits per heavy atom. The molecule has 0 aliphatic carbocycles. The van der Waals surface area contributed by atoms with Crippen molar-refractivity contribution in [2.75, 3.05) is 49.1 Å². The Kier molecular flexibility index (Phi) is 12.0. The molecule has 0 radical (unpaired) electrons. The molecule has 0 spiro atoms. The number of piperazine rings is 2. The molecule has 2 saturated heterocycles. The van der Waals surface area contributed by atoms with Gasteiger partial charge in [0.1, 0.15) is 23.1 Å².